The normalized spacial score (nSPS) is 21.7. The maximum Gasteiger partial charge on any atom is 0.132 e. The minimum atomic E-state index is 0.0837. The summed E-state index contributed by atoms with van der Waals surface area (Å²) in [7, 11) is 0. The molecule has 0 amide bonds. The van der Waals surface area contributed by atoms with Crippen molar-refractivity contribution in [2.75, 3.05) is 18.5 Å². The van der Waals surface area contributed by atoms with Gasteiger partial charge in [-0.05, 0) is 20.3 Å². The maximum absolute atomic E-state index is 6.04. The van der Waals surface area contributed by atoms with Gasteiger partial charge < -0.3 is 14.8 Å². The lowest BCUT2D eigenvalue weighted by Gasteiger charge is -2.32. The van der Waals surface area contributed by atoms with E-state index in [4.69, 9.17) is 9.47 Å². The van der Waals surface area contributed by atoms with Crippen LogP contribution in [0.4, 0.5) is 5.82 Å². The summed E-state index contributed by atoms with van der Waals surface area (Å²) in [5, 5.41) is 5.46. The van der Waals surface area contributed by atoms with Gasteiger partial charge in [-0.15, -0.1) is 11.3 Å². The molecule has 6 nitrogen and oxygen atoms in total. The highest BCUT2D eigenvalue weighted by atomic mass is 32.1. The highest BCUT2D eigenvalue weighted by molar-refractivity contribution is 7.07. The lowest BCUT2D eigenvalue weighted by atomic mass is 10.1. The molecule has 1 N–H and O–H groups in total. The average Bonchev–Trinajstić information content (AvgIpc) is 3.03. The van der Waals surface area contributed by atoms with E-state index in [1.54, 1.807) is 11.3 Å². The highest BCUT2D eigenvalue weighted by Gasteiger charge is 2.27. The van der Waals surface area contributed by atoms with Crippen LogP contribution in [0.15, 0.2) is 17.1 Å². The van der Waals surface area contributed by atoms with Crippen LogP contribution in [0.1, 0.15) is 23.5 Å². The number of aryl methyl sites for hydroxylation is 2. The smallest absolute Gasteiger partial charge is 0.132 e. The molecule has 3 rings (SSSR count). The van der Waals surface area contributed by atoms with Crippen LogP contribution in [0.2, 0.25) is 0 Å². The molecule has 0 aromatic carbocycles. The molecule has 1 aliphatic heterocycles. The van der Waals surface area contributed by atoms with Crippen LogP contribution in [-0.4, -0.2) is 40.3 Å². The second-order valence-electron chi connectivity index (χ2n) is 5.39. The third kappa shape index (κ3) is 3.79. The average molecular weight is 320 g/mol. The molecular weight excluding hydrogens is 300 g/mol. The fraction of sp³-hybridized carbons (Fsp3) is 0.533. The second-order valence-corrected chi connectivity index (χ2v) is 6.11. The first-order valence-corrected chi connectivity index (χ1v) is 8.30. The number of ether oxygens (including phenoxy) is 2. The SMILES string of the molecule is Cc1ncc(C)c(N[C@@H]2COCC[C@@H]2OCc2cscn2)n1. The van der Waals surface area contributed by atoms with E-state index < -0.39 is 0 Å². The third-order valence-corrected chi connectivity index (χ3v) is 4.27. The van der Waals surface area contributed by atoms with Gasteiger partial charge in [-0.25, -0.2) is 15.0 Å². The van der Waals surface area contributed by atoms with Gasteiger partial charge in [-0.2, -0.15) is 0 Å². The van der Waals surface area contributed by atoms with E-state index in [-0.39, 0.29) is 12.1 Å². The van der Waals surface area contributed by atoms with E-state index in [1.807, 2.05) is 30.9 Å². The Hall–Kier alpha value is -1.57. The number of nitrogens with zero attached hydrogens (tertiary/aromatic N) is 3. The van der Waals surface area contributed by atoms with Crippen molar-refractivity contribution in [1.29, 1.82) is 0 Å². The zero-order valence-electron chi connectivity index (χ0n) is 12.8. The molecule has 2 atom stereocenters. The Morgan fingerprint density at radius 3 is 3.14 bits per heavy atom. The van der Waals surface area contributed by atoms with Gasteiger partial charge in [0.2, 0.25) is 0 Å². The number of hydrogen-bond acceptors (Lipinski definition) is 7. The summed E-state index contributed by atoms with van der Waals surface area (Å²) in [6, 6.07) is 0.0837. The fourth-order valence-electron chi connectivity index (χ4n) is 2.41. The molecule has 0 saturated carbocycles. The summed E-state index contributed by atoms with van der Waals surface area (Å²) < 4.78 is 11.6. The van der Waals surface area contributed by atoms with Crippen molar-refractivity contribution in [2.24, 2.45) is 0 Å². The highest BCUT2D eigenvalue weighted by Crippen LogP contribution is 2.19. The Bertz CT molecular complexity index is 606. The van der Waals surface area contributed by atoms with E-state index in [0.29, 0.717) is 13.2 Å². The van der Waals surface area contributed by atoms with Crippen molar-refractivity contribution in [3.05, 3.63) is 34.2 Å². The summed E-state index contributed by atoms with van der Waals surface area (Å²) in [5.41, 5.74) is 3.82. The standard InChI is InChI=1S/C15H20N4O2S/c1-10-5-16-11(2)18-15(10)19-13-7-20-4-3-14(13)21-6-12-8-22-9-17-12/h5,8-9,13-14H,3-4,6-7H2,1-2H3,(H,16,18,19)/t13-,14+/m1/s1. The predicted molar refractivity (Wildman–Crippen MR) is 85.0 cm³/mol. The van der Waals surface area contributed by atoms with Crippen LogP contribution in [0.3, 0.4) is 0 Å². The van der Waals surface area contributed by atoms with Crippen molar-refractivity contribution in [3.63, 3.8) is 0 Å². The Morgan fingerprint density at radius 2 is 2.32 bits per heavy atom. The van der Waals surface area contributed by atoms with Gasteiger partial charge in [0.15, 0.2) is 0 Å². The van der Waals surface area contributed by atoms with Crippen LogP contribution in [0.5, 0.6) is 0 Å². The lowest BCUT2D eigenvalue weighted by molar-refractivity contribution is -0.0486. The second kappa shape index (κ2) is 7.13. The van der Waals surface area contributed by atoms with Crippen LogP contribution < -0.4 is 5.32 Å². The number of anilines is 1. The molecule has 7 heteroatoms. The lowest BCUT2D eigenvalue weighted by Crippen LogP contribution is -2.44. The number of aromatic nitrogens is 3. The van der Waals surface area contributed by atoms with Gasteiger partial charge in [-0.1, -0.05) is 0 Å². The van der Waals surface area contributed by atoms with Gasteiger partial charge in [-0.3, -0.25) is 0 Å². The number of rotatable bonds is 5. The molecule has 3 heterocycles. The van der Waals surface area contributed by atoms with Gasteiger partial charge in [0, 0.05) is 23.7 Å². The molecule has 118 valence electrons. The van der Waals surface area contributed by atoms with Gasteiger partial charge >= 0.3 is 0 Å². The molecule has 1 fully saturated rings. The number of nitrogens with one attached hydrogen (secondary N) is 1. The van der Waals surface area contributed by atoms with Gasteiger partial charge in [0.05, 0.1) is 36.6 Å². The molecule has 1 saturated heterocycles. The van der Waals surface area contributed by atoms with Gasteiger partial charge in [0.25, 0.3) is 0 Å². The quantitative estimate of drug-likeness (QED) is 0.912. The van der Waals surface area contributed by atoms with E-state index in [0.717, 1.165) is 35.9 Å². The van der Waals surface area contributed by atoms with Gasteiger partial charge in [0.1, 0.15) is 11.6 Å². The number of thiazole rings is 1. The molecule has 22 heavy (non-hydrogen) atoms. The van der Waals surface area contributed by atoms with Crippen LogP contribution in [-0.2, 0) is 16.1 Å². The predicted octanol–water partition coefficient (Wildman–Crippen LogP) is 2.34. The summed E-state index contributed by atoms with van der Waals surface area (Å²) in [6.07, 6.45) is 2.79. The number of hydrogen-bond donors (Lipinski definition) is 1. The van der Waals surface area contributed by atoms with Crippen molar-refractivity contribution >= 4 is 17.2 Å². The van der Waals surface area contributed by atoms with Crippen molar-refractivity contribution in [1.82, 2.24) is 15.0 Å². The fourth-order valence-corrected chi connectivity index (χ4v) is 2.95. The van der Waals surface area contributed by atoms with Crippen molar-refractivity contribution in [3.8, 4) is 0 Å². The monoisotopic (exact) mass is 320 g/mol. The van der Waals surface area contributed by atoms with E-state index in [9.17, 15) is 0 Å². The molecular formula is C15H20N4O2S. The minimum Gasteiger partial charge on any atom is -0.379 e. The summed E-state index contributed by atoms with van der Waals surface area (Å²) >= 11 is 1.58. The molecule has 2 aromatic heterocycles. The van der Waals surface area contributed by atoms with E-state index in [1.165, 1.54) is 0 Å². The molecule has 2 aromatic rings. The summed E-state index contributed by atoms with van der Waals surface area (Å²) in [6.45, 7) is 5.76. The Kier molecular flexibility index (Phi) is 4.97. The Labute approximate surface area is 133 Å². The first-order valence-electron chi connectivity index (χ1n) is 7.35. The van der Waals surface area contributed by atoms with Crippen LogP contribution in [0.25, 0.3) is 0 Å². The topological polar surface area (TPSA) is 69.2 Å². The summed E-state index contributed by atoms with van der Waals surface area (Å²) in [5.74, 6) is 1.61. The van der Waals surface area contributed by atoms with E-state index in [2.05, 4.69) is 20.3 Å². The largest absolute Gasteiger partial charge is 0.379 e. The van der Waals surface area contributed by atoms with Crippen LogP contribution in [0, 0.1) is 13.8 Å². The molecule has 0 bridgehead atoms. The zero-order chi connectivity index (χ0) is 15.4. The third-order valence-electron chi connectivity index (χ3n) is 3.64. The molecule has 0 unspecified atom stereocenters. The molecule has 0 radical (unpaired) electrons. The Morgan fingerprint density at radius 1 is 1.41 bits per heavy atom. The maximum atomic E-state index is 6.04. The van der Waals surface area contributed by atoms with Crippen molar-refractivity contribution in [2.45, 2.75) is 39.0 Å². The first-order chi connectivity index (χ1) is 10.7. The van der Waals surface area contributed by atoms with Crippen molar-refractivity contribution < 1.29 is 9.47 Å². The minimum absolute atomic E-state index is 0.0837. The molecule has 0 spiro atoms. The Balaban J connectivity index is 1.65. The van der Waals surface area contributed by atoms with Crippen LogP contribution >= 0.6 is 11.3 Å². The molecule has 1 aliphatic rings. The van der Waals surface area contributed by atoms with E-state index >= 15 is 0 Å². The zero-order valence-corrected chi connectivity index (χ0v) is 13.6. The first kappa shape index (κ1) is 15.3. The molecule has 0 aliphatic carbocycles. The summed E-state index contributed by atoms with van der Waals surface area (Å²) in [4.78, 5) is 12.9.